The van der Waals surface area contributed by atoms with Crippen LogP contribution in [0.3, 0.4) is 0 Å². The fourth-order valence-electron chi connectivity index (χ4n) is 10.7. The number of epoxide rings is 1. The second kappa shape index (κ2) is 9.07. The van der Waals surface area contributed by atoms with Crippen molar-refractivity contribution in [1.29, 1.82) is 0 Å². The molecule has 6 aliphatic rings. The predicted molar refractivity (Wildman–Crippen MR) is 150 cm³/mol. The highest BCUT2D eigenvalue weighted by molar-refractivity contribution is 5.74. The van der Waals surface area contributed by atoms with Crippen molar-refractivity contribution >= 4 is 6.03 Å². The average Bonchev–Trinajstić information content (AvgIpc) is 3.64. The molecular weight excluding hydrogens is 490 g/mol. The van der Waals surface area contributed by atoms with Crippen molar-refractivity contribution in [3.63, 3.8) is 0 Å². The Balaban J connectivity index is 1.07. The third kappa shape index (κ3) is 3.74. The largest absolute Gasteiger partial charge is 0.431 e. The van der Waals surface area contributed by atoms with E-state index in [0.29, 0.717) is 41.2 Å². The first-order valence-corrected chi connectivity index (χ1v) is 15.6. The molecule has 7 nitrogen and oxygen atoms in total. The van der Waals surface area contributed by atoms with E-state index >= 15 is 0 Å². The molecule has 0 aromatic carbocycles. The third-order valence-electron chi connectivity index (χ3n) is 13.0. The number of amides is 2. The fourth-order valence-corrected chi connectivity index (χ4v) is 10.7. The first-order chi connectivity index (χ1) is 18.7. The average molecular weight is 538 g/mol. The second-order valence-corrected chi connectivity index (χ2v) is 14.5. The molecule has 9 atom stereocenters. The van der Waals surface area contributed by atoms with Crippen molar-refractivity contribution < 1.29 is 13.9 Å². The van der Waals surface area contributed by atoms with Gasteiger partial charge in [-0.1, -0.05) is 13.8 Å². The van der Waals surface area contributed by atoms with Crippen molar-refractivity contribution in [3.8, 4) is 0 Å². The smallest absolute Gasteiger partial charge is 0.335 e. The molecule has 214 valence electrons. The molecule has 7 heteroatoms. The van der Waals surface area contributed by atoms with Crippen LogP contribution in [0.2, 0.25) is 0 Å². The topological polar surface area (TPSA) is 69.5 Å². The molecule has 1 spiro atoms. The van der Waals surface area contributed by atoms with Crippen LogP contribution >= 0.6 is 0 Å². The summed E-state index contributed by atoms with van der Waals surface area (Å²) in [5.74, 6) is 2.40. The molecule has 7 rings (SSSR count). The first-order valence-electron chi connectivity index (χ1n) is 15.6. The van der Waals surface area contributed by atoms with Crippen molar-refractivity contribution in [1.82, 2.24) is 14.7 Å². The summed E-state index contributed by atoms with van der Waals surface area (Å²) >= 11 is 0. The molecule has 1 aromatic heterocycles. The van der Waals surface area contributed by atoms with E-state index in [0.717, 1.165) is 51.9 Å². The van der Waals surface area contributed by atoms with E-state index in [4.69, 9.17) is 9.15 Å². The number of carbonyl (C=O) groups is 1. The highest BCUT2D eigenvalue weighted by Crippen LogP contribution is 2.78. The molecule has 6 fully saturated rings. The van der Waals surface area contributed by atoms with Crippen LogP contribution in [0.4, 0.5) is 4.79 Å². The van der Waals surface area contributed by atoms with Crippen LogP contribution in [0.25, 0.3) is 0 Å². The lowest BCUT2D eigenvalue weighted by Gasteiger charge is -2.61. The van der Waals surface area contributed by atoms with Gasteiger partial charge < -0.3 is 23.9 Å². The minimum atomic E-state index is -0.269. The Labute approximate surface area is 233 Å². The van der Waals surface area contributed by atoms with Crippen molar-refractivity contribution in [2.75, 3.05) is 40.3 Å². The zero-order chi connectivity index (χ0) is 27.2. The Bertz CT molecular complexity index is 1170. The summed E-state index contributed by atoms with van der Waals surface area (Å²) in [7, 11) is 4.22. The number of ether oxygens (including phenoxy) is 1. The zero-order valence-electron chi connectivity index (χ0n) is 24.4. The Kier molecular flexibility index (Phi) is 6.06. The van der Waals surface area contributed by atoms with Gasteiger partial charge in [-0.15, -0.1) is 0 Å². The van der Waals surface area contributed by atoms with Crippen LogP contribution in [0.15, 0.2) is 27.6 Å². The minimum absolute atomic E-state index is 0.00572. The van der Waals surface area contributed by atoms with E-state index in [-0.39, 0.29) is 22.7 Å². The van der Waals surface area contributed by atoms with Crippen LogP contribution in [0, 0.1) is 28.6 Å². The summed E-state index contributed by atoms with van der Waals surface area (Å²) < 4.78 is 12.0. The normalized spacial score (nSPS) is 45.4. The summed E-state index contributed by atoms with van der Waals surface area (Å²) in [6.07, 6.45) is 12.6. The Morgan fingerprint density at radius 2 is 1.85 bits per heavy atom. The van der Waals surface area contributed by atoms with Crippen LogP contribution in [-0.2, 0) is 4.74 Å². The summed E-state index contributed by atoms with van der Waals surface area (Å²) in [4.78, 5) is 31.6. The van der Waals surface area contributed by atoms with Gasteiger partial charge in [0.2, 0.25) is 0 Å². The number of urea groups is 1. The van der Waals surface area contributed by atoms with Gasteiger partial charge in [-0.2, -0.15) is 0 Å². The SMILES string of the molecule is CN1CCCN(C(=O)N(C)[C@H]2CC[C@@]3(C)[C@H](CC[C@@H]4[C@@H]3CC[C@]3(C)[C@@H](c5ccc(=O)oc5)C[C@H]5O[C@]453)C2)CC1. The Morgan fingerprint density at radius 1 is 1.00 bits per heavy atom. The Hall–Kier alpha value is -1.86. The van der Waals surface area contributed by atoms with Crippen molar-refractivity contribution in [2.24, 2.45) is 28.6 Å². The van der Waals surface area contributed by atoms with Gasteiger partial charge in [-0.3, -0.25) is 0 Å². The molecule has 1 aromatic rings. The number of rotatable bonds is 2. The van der Waals surface area contributed by atoms with E-state index in [2.05, 4.69) is 42.6 Å². The molecule has 3 heterocycles. The lowest BCUT2D eigenvalue weighted by atomic mass is 9.44. The van der Waals surface area contributed by atoms with E-state index in [9.17, 15) is 9.59 Å². The molecule has 0 N–H and O–H groups in total. The van der Waals surface area contributed by atoms with Gasteiger partial charge in [0.1, 0.15) is 5.60 Å². The monoisotopic (exact) mass is 537 g/mol. The lowest BCUT2D eigenvalue weighted by Crippen LogP contribution is -2.59. The van der Waals surface area contributed by atoms with Gasteiger partial charge in [0.05, 0.1) is 12.4 Å². The standard InChI is InChI=1S/C32H47N3O4/c1-30-12-10-23(34(4)29(37)35-15-5-14-33(3)16-17-35)18-22(30)7-8-25-24(30)11-13-31(2)26(19-27-32(25,31)39-27)21-6-9-28(36)38-20-21/h6,9,20,22-27H,5,7-8,10-19H2,1-4H3/t22-,23+,24+,25-,26-,27-,30+,31-,32-/m1/s1. The Morgan fingerprint density at radius 3 is 2.64 bits per heavy atom. The second-order valence-electron chi connectivity index (χ2n) is 14.5. The summed E-state index contributed by atoms with van der Waals surface area (Å²) in [5.41, 5.74) is 1.34. The first kappa shape index (κ1) is 26.1. The van der Waals surface area contributed by atoms with E-state index in [1.165, 1.54) is 37.7 Å². The van der Waals surface area contributed by atoms with Gasteiger partial charge in [-0.25, -0.2) is 9.59 Å². The molecule has 0 unspecified atom stereocenters. The van der Waals surface area contributed by atoms with Gasteiger partial charge in [-0.05, 0) is 112 Å². The molecule has 2 saturated heterocycles. The van der Waals surface area contributed by atoms with E-state index in [1.807, 2.05) is 6.07 Å². The molecule has 4 saturated carbocycles. The van der Waals surface area contributed by atoms with E-state index in [1.54, 1.807) is 12.3 Å². The molecule has 39 heavy (non-hydrogen) atoms. The summed E-state index contributed by atoms with van der Waals surface area (Å²) in [5, 5.41) is 0. The molecule has 2 aliphatic heterocycles. The van der Waals surface area contributed by atoms with Crippen LogP contribution in [0.5, 0.6) is 0 Å². The van der Waals surface area contributed by atoms with Gasteiger partial charge in [0.15, 0.2) is 0 Å². The molecule has 0 radical (unpaired) electrons. The minimum Gasteiger partial charge on any atom is -0.431 e. The summed E-state index contributed by atoms with van der Waals surface area (Å²) in [6.45, 7) is 8.83. The predicted octanol–water partition coefficient (Wildman–Crippen LogP) is 4.96. The van der Waals surface area contributed by atoms with Crippen molar-refractivity contribution in [3.05, 3.63) is 34.4 Å². The van der Waals surface area contributed by atoms with Gasteiger partial charge >= 0.3 is 11.7 Å². The van der Waals surface area contributed by atoms with E-state index < -0.39 is 0 Å². The van der Waals surface area contributed by atoms with Gasteiger partial charge in [0, 0.05) is 44.2 Å². The van der Waals surface area contributed by atoms with Crippen molar-refractivity contribution in [2.45, 2.75) is 95.3 Å². The highest BCUT2D eigenvalue weighted by atomic mass is 16.6. The molecular formula is C32H47N3O4. The van der Waals surface area contributed by atoms with Crippen LogP contribution in [-0.4, -0.2) is 78.8 Å². The number of hydrogen-bond acceptors (Lipinski definition) is 5. The molecule has 4 aliphatic carbocycles. The number of likely N-dealkylation sites (N-methyl/N-ethyl adjacent to an activating group) is 1. The van der Waals surface area contributed by atoms with Crippen LogP contribution < -0.4 is 5.63 Å². The number of fused-ring (bicyclic) bond motifs is 3. The molecule has 2 amide bonds. The number of carbonyl (C=O) groups excluding carboxylic acids is 1. The van der Waals surface area contributed by atoms with Crippen LogP contribution in [0.1, 0.15) is 83.1 Å². The zero-order valence-corrected chi connectivity index (χ0v) is 24.4. The maximum Gasteiger partial charge on any atom is 0.335 e. The third-order valence-corrected chi connectivity index (χ3v) is 13.0. The number of nitrogens with zero attached hydrogens (tertiary/aromatic N) is 3. The van der Waals surface area contributed by atoms with Gasteiger partial charge in [0.25, 0.3) is 0 Å². The summed E-state index contributed by atoms with van der Waals surface area (Å²) in [6, 6.07) is 4.17. The molecule has 0 bridgehead atoms. The quantitative estimate of drug-likeness (QED) is 0.499. The fraction of sp³-hybridized carbons (Fsp3) is 0.812. The lowest BCUT2D eigenvalue weighted by molar-refractivity contribution is -0.133. The highest BCUT2D eigenvalue weighted by Gasteiger charge is 2.80. The maximum absolute atomic E-state index is 13.5. The maximum atomic E-state index is 13.5. The number of hydrogen-bond donors (Lipinski definition) is 0.